The van der Waals surface area contributed by atoms with Crippen molar-refractivity contribution < 1.29 is 13.9 Å². The minimum atomic E-state index is -0.294. The molecule has 1 amide bonds. The average Bonchev–Trinajstić information content (AvgIpc) is 3.39. The van der Waals surface area contributed by atoms with Crippen LogP contribution in [0.15, 0.2) is 53.7 Å². The number of thioether (sulfide) groups is 2. The van der Waals surface area contributed by atoms with Gasteiger partial charge in [-0.25, -0.2) is 4.39 Å². The number of halogens is 2. The standard InChI is InChI=1S/C21H20ClFN4O2S2/c1-26-18(12-29-15-8-6-14(22)7-9-15)24-25-21(26)31-13-19(28)27-10-11-30-20(27)16-4-2-3-5-17(16)23/h2-9,20H,10-13H2,1H3. The van der Waals surface area contributed by atoms with Gasteiger partial charge in [0.2, 0.25) is 5.91 Å². The van der Waals surface area contributed by atoms with E-state index in [0.717, 1.165) is 5.75 Å². The van der Waals surface area contributed by atoms with Crippen molar-refractivity contribution in [3.63, 3.8) is 0 Å². The molecule has 2 aromatic carbocycles. The number of hydrogen-bond donors (Lipinski definition) is 0. The maximum atomic E-state index is 14.2. The van der Waals surface area contributed by atoms with Crippen molar-refractivity contribution >= 4 is 41.0 Å². The van der Waals surface area contributed by atoms with Gasteiger partial charge >= 0.3 is 0 Å². The molecule has 0 bridgehead atoms. The second-order valence-corrected chi connectivity index (χ2v) is 9.39. The molecule has 4 rings (SSSR count). The van der Waals surface area contributed by atoms with Crippen LogP contribution < -0.4 is 4.74 Å². The molecule has 0 radical (unpaired) electrons. The zero-order valence-electron chi connectivity index (χ0n) is 16.7. The first-order valence-electron chi connectivity index (χ1n) is 9.58. The lowest BCUT2D eigenvalue weighted by Gasteiger charge is -2.24. The highest BCUT2D eigenvalue weighted by molar-refractivity contribution is 8.00. The van der Waals surface area contributed by atoms with Crippen molar-refractivity contribution in [3.05, 3.63) is 70.8 Å². The molecule has 1 aromatic heterocycles. The molecule has 3 aromatic rings. The molecule has 162 valence electrons. The van der Waals surface area contributed by atoms with Crippen LogP contribution in [0.3, 0.4) is 0 Å². The normalized spacial score (nSPS) is 16.0. The Kier molecular flexibility index (Phi) is 7.04. The molecule has 1 saturated heterocycles. The van der Waals surface area contributed by atoms with Gasteiger partial charge in [0.05, 0.1) is 5.75 Å². The molecule has 0 N–H and O–H groups in total. The number of benzene rings is 2. The maximum absolute atomic E-state index is 14.2. The Balaban J connectivity index is 1.35. The maximum Gasteiger partial charge on any atom is 0.234 e. The van der Waals surface area contributed by atoms with Crippen LogP contribution in [0.5, 0.6) is 5.75 Å². The molecule has 10 heteroatoms. The summed E-state index contributed by atoms with van der Waals surface area (Å²) in [6, 6.07) is 13.7. The number of rotatable bonds is 7. The molecule has 1 aliphatic heterocycles. The second-order valence-electron chi connectivity index (χ2n) is 6.82. The first-order chi connectivity index (χ1) is 15.0. The van der Waals surface area contributed by atoms with E-state index in [2.05, 4.69) is 10.2 Å². The van der Waals surface area contributed by atoms with Crippen molar-refractivity contribution in [2.75, 3.05) is 18.1 Å². The van der Waals surface area contributed by atoms with Gasteiger partial charge in [0.1, 0.15) is 23.5 Å². The highest BCUT2D eigenvalue weighted by atomic mass is 35.5. The molecule has 0 saturated carbocycles. The summed E-state index contributed by atoms with van der Waals surface area (Å²) in [6.45, 7) is 0.847. The summed E-state index contributed by atoms with van der Waals surface area (Å²) in [6.07, 6.45) is 0. The van der Waals surface area contributed by atoms with E-state index in [9.17, 15) is 9.18 Å². The van der Waals surface area contributed by atoms with Crippen LogP contribution in [0.2, 0.25) is 5.02 Å². The summed E-state index contributed by atoms with van der Waals surface area (Å²) >= 11 is 8.77. The average molecular weight is 479 g/mol. The predicted molar refractivity (Wildman–Crippen MR) is 121 cm³/mol. The highest BCUT2D eigenvalue weighted by Gasteiger charge is 2.32. The van der Waals surface area contributed by atoms with Gasteiger partial charge in [0, 0.05) is 29.9 Å². The molecular weight excluding hydrogens is 459 g/mol. The molecule has 1 aliphatic rings. The second kappa shape index (κ2) is 9.93. The van der Waals surface area contributed by atoms with Crippen molar-refractivity contribution in [2.45, 2.75) is 17.1 Å². The first-order valence-corrected chi connectivity index (χ1v) is 12.0. The molecular formula is C21H20ClFN4O2S2. The number of hydrogen-bond acceptors (Lipinski definition) is 6. The Hall–Kier alpha value is -2.23. The summed E-state index contributed by atoms with van der Waals surface area (Å²) in [4.78, 5) is 14.6. The molecule has 2 heterocycles. The topological polar surface area (TPSA) is 60.2 Å². The van der Waals surface area contributed by atoms with Crippen LogP contribution in [-0.4, -0.2) is 43.6 Å². The van der Waals surface area contributed by atoms with Crippen LogP contribution in [0, 0.1) is 5.82 Å². The molecule has 31 heavy (non-hydrogen) atoms. The quantitative estimate of drug-likeness (QED) is 0.464. The summed E-state index contributed by atoms with van der Waals surface area (Å²) < 4.78 is 21.7. The Bertz CT molecular complexity index is 1060. The number of carbonyl (C=O) groups excluding carboxylic acids is 1. The fourth-order valence-electron chi connectivity index (χ4n) is 3.14. The van der Waals surface area contributed by atoms with Gasteiger partial charge in [-0.2, -0.15) is 0 Å². The molecule has 1 unspecified atom stereocenters. The zero-order chi connectivity index (χ0) is 21.8. The van der Waals surface area contributed by atoms with Crippen molar-refractivity contribution in [3.8, 4) is 5.75 Å². The number of carbonyl (C=O) groups is 1. The molecule has 0 spiro atoms. The minimum absolute atomic E-state index is 0.0507. The predicted octanol–water partition coefficient (Wildman–Crippen LogP) is 4.55. The Morgan fingerprint density at radius 1 is 1.26 bits per heavy atom. The van der Waals surface area contributed by atoms with E-state index in [1.807, 2.05) is 7.05 Å². The minimum Gasteiger partial charge on any atom is -0.486 e. The Morgan fingerprint density at radius 2 is 2.03 bits per heavy atom. The summed E-state index contributed by atoms with van der Waals surface area (Å²) in [5, 5.41) is 9.30. The first kappa shape index (κ1) is 22.0. The highest BCUT2D eigenvalue weighted by Crippen LogP contribution is 2.39. The van der Waals surface area contributed by atoms with Crippen molar-refractivity contribution in [2.24, 2.45) is 7.05 Å². The molecule has 6 nitrogen and oxygen atoms in total. The van der Waals surface area contributed by atoms with Gasteiger partial charge < -0.3 is 14.2 Å². The lowest BCUT2D eigenvalue weighted by molar-refractivity contribution is -0.128. The van der Waals surface area contributed by atoms with E-state index in [-0.39, 0.29) is 29.5 Å². The molecule has 1 fully saturated rings. The van der Waals surface area contributed by atoms with Gasteiger partial charge in [0.15, 0.2) is 11.0 Å². The van der Waals surface area contributed by atoms with Gasteiger partial charge in [-0.3, -0.25) is 4.79 Å². The lowest BCUT2D eigenvalue weighted by atomic mass is 10.2. The van der Waals surface area contributed by atoms with Crippen molar-refractivity contribution in [1.29, 1.82) is 0 Å². The van der Waals surface area contributed by atoms with Crippen LogP contribution in [0.4, 0.5) is 4.39 Å². The molecule has 1 atom stereocenters. The summed E-state index contributed by atoms with van der Waals surface area (Å²) in [5.74, 6) is 1.98. The van der Waals surface area contributed by atoms with Gasteiger partial charge in [-0.15, -0.1) is 22.0 Å². The third kappa shape index (κ3) is 5.16. The fourth-order valence-corrected chi connectivity index (χ4v) is 5.38. The molecule has 0 aliphatic carbocycles. The van der Waals surface area contributed by atoms with E-state index in [1.54, 1.807) is 63.7 Å². The summed E-state index contributed by atoms with van der Waals surface area (Å²) in [5.41, 5.74) is 0.545. The van der Waals surface area contributed by atoms with Gasteiger partial charge in [0.25, 0.3) is 0 Å². The van der Waals surface area contributed by atoms with Crippen LogP contribution in [0.1, 0.15) is 16.8 Å². The SMILES string of the molecule is Cn1c(COc2ccc(Cl)cc2)nnc1SCC(=O)N1CCSC1c1ccccc1F. The van der Waals surface area contributed by atoms with Crippen LogP contribution in [-0.2, 0) is 18.4 Å². The number of amides is 1. The summed E-state index contributed by atoms with van der Waals surface area (Å²) in [7, 11) is 1.83. The largest absolute Gasteiger partial charge is 0.486 e. The van der Waals surface area contributed by atoms with E-state index < -0.39 is 0 Å². The monoisotopic (exact) mass is 478 g/mol. The number of nitrogens with zero attached hydrogens (tertiary/aromatic N) is 4. The number of ether oxygens (including phenoxy) is 1. The third-order valence-electron chi connectivity index (χ3n) is 4.81. The number of aromatic nitrogens is 3. The van der Waals surface area contributed by atoms with E-state index in [1.165, 1.54) is 17.8 Å². The van der Waals surface area contributed by atoms with E-state index >= 15 is 0 Å². The van der Waals surface area contributed by atoms with E-state index in [4.69, 9.17) is 16.3 Å². The van der Waals surface area contributed by atoms with Crippen molar-refractivity contribution in [1.82, 2.24) is 19.7 Å². The zero-order valence-corrected chi connectivity index (χ0v) is 19.1. The lowest BCUT2D eigenvalue weighted by Crippen LogP contribution is -2.32. The fraction of sp³-hybridized carbons (Fsp3) is 0.286. The third-order valence-corrected chi connectivity index (χ3v) is 7.31. The van der Waals surface area contributed by atoms with Crippen LogP contribution in [0.25, 0.3) is 0 Å². The smallest absolute Gasteiger partial charge is 0.234 e. The van der Waals surface area contributed by atoms with Gasteiger partial charge in [-0.1, -0.05) is 41.6 Å². The van der Waals surface area contributed by atoms with Crippen LogP contribution >= 0.6 is 35.1 Å². The Morgan fingerprint density at radius 3 is 2.81 bits per heavy atom. The Labute approximate surface area is 193 Å². The van der Waals surface area contributed by atoms with E-state index in [0.29, 0.717) is 33.9 Å². The van der Waals surface area contributed by atoms with Gasteiger partial charge in [-0.05, 0) is 30.3 Å².